The lowest BCUT2D eigenvalue weighted by Gasteiger charge is -2.05. The Morgan fingerprint density at radius 3 is 2.65 bits per heavy atom. The fourth-order valence-electron chi connectivity index (χ4n) is 1.51. The lowest BCUT2D eigenvalue weighted by molar-refractivity contribution is 0.0948. The van der Waals surface area contributed by atoms with Crippen LogP contribution < -0.4 is 11.1 Å². The third-order valence-electron chi connectivity index (χ3n) is 2.46. The minimum atomic E-state index is -0.0413. The van der Waals surface area contributed by atoms with Gasteiger partial charge in [0.25, 0.3) is 5.91 Å². The summed E-state index contributed by atoms with van der Waals surface area (Å²) in [5.74, 6) is -0.0413. The second-order valence-corrected chi connectivity index (χ2v) is 3.84. The molecule has 0 spiro atoms. The van der Waals surface area contributed by atoms with Crippen LogP contribution in [-0.4, -0.2) is 32.7 Å². The molecule has 0 atom stereocenters. The molecule has 0 aromatic heterocycles. The molecule has 17 heavy (non-hydrogen) atoms. The normalized spacial score (nSPS) is 10.2. The summed E-state index contributed by atoms with van der Waals surface area (Å²) in [6, 6.07) is 7.54. The first kappa shape index (κ1) is 13.7. The van der Waals surface area contributed by atoms with E-state index in [1.54, 1.807) is 7.11 Å². The number of rotatable bonds is 7. The van der Waals surface area contributed by atoms with Crippen LogP contribution in [0.3, 0.4) is 0 Å². The molecule has 3 N–H and O–H groups in total. The minimum absolute atomic E-state index is 0.0413. The fraction of sp³-hybridized carbons (Fsp3) is 0.462. The fourth-order valence-corrected chi connectivity index (χ4v) is 1.51. The number of hydrogen-bond donors (Lipinski definition) is 2. The first-order chi connectivity index (χ1) is 8.27. The molecule has 0 unspecified atom stereocenters. The average Bonchev–Trinajstić information content (AvgIpc) is 2.36. The number of carbonyl (C=O) groups excluding carboxylic acids is 1. The van der Waals surface area contributed by atoms with Gasteiger partial charge in [0.1, 0.15) is 0 Å². The van der Waals surface area contributed by atoms with E-state index in [-0.39, 0.29) is 5.91 Å². The maximum Gasteiger partial charge on any atom is 0.251 e. The molecule has 4 heteroatoms. The van der Waals surface area contributed by atoms with Crippen molar-refractivity contribution in [3.8, 4) is 0 Å². The smallest absolute Gasteiger partial charge is 0.251 e. The van der Waals surface area contributed by atoms with Gasteiger partial charge in [-0.2, -0.15) is 0 Å². The molecule has 94 valence electrons. The first-order valence-corrected chi connectivity index (χ1v) is 5.84. The number of ether oxygens (including phenoxy) is 1. The van der Waals surface area contributed by atoms with Gasteiger partial charge in [-0.05, 0) is 37.1 Å². The highest BCUT2D eigenvalue weighted by Crippen LogP contribution is 2.04. The number of methoxy groups -OCH3 is 1. The Morgan fingerprint density at radius 2 is 2.06 bits per heavy atom. The SMILES string of the molecule is COCCCNC(=O)c1ccc(CCN)cc1. The lowest BCUT2D eigenvalue weighted by atomic mass is 10.1. The zero-order valence-corrected chi connectivity index (χ0v) is 10.2. The zero-order valence-electron chi connectivity index (χ0n) is 10.2. The van der Waals surface area contributed by atoms with Gasteiger partial charge in [0.15, 0.2) is 0 Å². The highest BCUT2D eigenvalue weighted by Gasteiger charge is 2.03. The molecule has 1 aromatic rings. The van der Waals surface area contributed by atoms with E-state index in [4.69, 9.17) is 10.5 Å². The van der Waals surface area contributed by atoms with Crippen molar-refractivity contribution in [2.75, 3.05) is 26.8 Å². The number of benzene rings is 1. The van der Waals surface area contributed by atoms with Crippen LogP contribution in [0.15, 0.2) is 24.3 Å². The van der Waals surface area contributed by atoms with Crippen molar-refractivity contribution in [2.24, 2.45) is 5.73 Å². The van der Waals surface area contributed by atoms with Crippen LogP contribution in [0.1, 0.15) is 22.3 Å². The van der Waals surface area contributed by atoms with Crippen molar-refractivity contribution < 1.29 is 9.53 Å². The second kappa shape index (κ2) is 7.81. The van der Waals surface area contributed by atoms with Crippen molar-refractivity contribution in [1.29, 1.82) is 0 Å². The highest BCUT2D eigenvalue weighted by atomic mass is 16.5. The van der Waals surface area contributed by atoms with Crippen molar-refractivity contribution in [2.45, 2.75) is 12.8 Å². The monoisotopic (exact) mass is 236 g/mol. The van der Waals surface area contributed by atoms with Crippen LogP contribution in [0.5, 0.6) is 0 Å². The molecule has 1 aromatic carbocycles. The van der Waals surface area contributed by atoms with Gasteiger partial charge in [-0.25, -0.2) is 0 Å². The Bertz CT molecular complexity index is 336. The standard InChI is InChI=1S/C13H20N2O2/c1-17-10-2-9-15-13(16)12-5-3-11(4-6-12)7-8-14/h3-6H,2,7-10,14H2,1H3,(H,15,16). The van der Waals surface area contributed by atoms with Crippen LogP contribution in [0.4, 0.5) is 0 Å². The van der Waals surface area contributed by atoms with Gasteiger partial charge in [-0.1, -0.05) is 12.1 Å². The average molecular weight is 236 g/mol. The molecular weight excluding hydrogens is 216 g/mol. The van der Waals surface area contributed by atoms with E-state index in [0.29, 0.717) is 25.3 Å². The quantitative estimate of drug-likeness (QED) is 0.693. The molecule has 0 radical (unpaired) electrons. The maximum absolute atomic E-state index is 11.7. The minimum Gasteiger partial charge on any atom is -0.385 e. The molecular formula is C13H20N2O2. The van der Waals surface area contributed by atoms with E-state index in [0.717, 1.165) is 18.4 Å². The molecule has 4 nitrogen and oxygen atoms in total. The maximum atomic E-state index is 11.7. The molecule has 0 saturated carbocycles. The number of hydrogen-bond acceptors (Lipinski definition) is 3. The predicted molar refractivity (Wildman–Crippen MR) is 68.0 cm³/mol. The summed E-state index contributed by atoms with van der Waals surface area (Å²) >= 11 is 0. The third-order valence-corrected chi connectivity index (χ3v) is 2.46. The Hall–Kier alpha value is -1.39. The van der Waals surface area contributed by atoms with Crippen LogP contribution in [0.2, 0.25) is 0 Å². The molecule has 1 rings (SSSR count). The Morgan fingerprint density at radius 1 is 1.35 bits per heavy atom. The Balaban J connectivity index is 2.40. The van der Waals surface area contributed by atoms with E-state index in [2.05, 4.69) is 5.32 Å². The van der Waals surface area contributed by atoms with Gasteiger partial charge in [0.05, 0.1) is 0 Å². The molecule has 0 heterocycles. The Kier molecular flexibility index (Phi) is 6.29. The van der Waals surface area contributed by atoms with Crippen molar-refractivity contribution >= 4 is 5.91 Å². The van der Waals surface area contributed by atoms with Crippen LogP contribution >= 0.6 is 0 Å². The molecule has 0 aliphatic rings. The molecule has 0 saturated heterocycles. The zero-order chi connectivity index (χ0) is 12.5. The van der Waals surface area contributed by atoms with Crippen molar-refractivity contribution in [3.05, 3.63) is 35.4 Å². The number of amides is 1. The van der Waals surface area contributed by atoms with Crippen LogP contribution in [0.25, 0.3) is 0 Å². The molecule has 0 aliphatic carbocycles. The highest BCUT2D eigenvalue weighted by molar-refractivity contribution is 5.94. The van der Waals surface area contributed by atoms with Gasteiger partial charge in [-0.15, -0.1) is 0 Å². The molecule has 1 amide bonds. The summed E-state index contributed by atoms with van der Waals surface area (Å²) in [5, 5.41) is 2.84. The third kappa shape index (κ3) is 4.97. The Labute approximate surface area is 102 Å². The van der Waals surface area contributed by atoms with E-state index >= 15 is 0 Å². The van der Waals surface area contributed by atoms with Crippen LogP contribution in [-0.2, 0) is 11.2 Å². The van der Waals surface area contributed by atoms with E-state index in [1.165, 1.54) is 0 Å². The predicted octanol–water partition coefficient (Wildman–Crippen LogP) is 0.954. The molecule has 0 bridgehead atoms. The summed E-state index contributed by atoms with van der Waals surface area (Å²) in [4.78, 5) is 11.7. The van der Waals surface area contributed by atoms with Crippen LogP contribution in [0, 0.1) is 0 Å². The lowest BCUT2D eigenvalue weighted by Crippen LogP contribution is -2.25. The number of carbonyl (C=O) groups is 1. The summed E-state index contributed by atoms with van der Waals surface area (Å²) < 4.78 is 4.91. The van der Waals surface area contributed by atoms with E-state index < -0.39 is 0 Å². The van der Waals surface area contributed by atoms with Gasteiger partial charge in [0, 0.05) is 25.8 Å². The van der Waals surface area contributed by atoms with Gasteiger partial charge >= 0.3 is 0 Å². The van der Waals surface area contributed by atoms with Gasteiger partial charge < -0.3 is 15.8 Å². The number of nitrogens with one attached hydrogen (secondary N) is 1. The van der Waals surface area contributed by atoms with E-state index in [1.807, 2.05) is 24.3 Å². The summed E-state index contributed by atoms with van der Waals surface area (Å²) in [6.45, 7) is 1.93. The van der Waals surface area contributed by atoms with Gasteiger partial charge in [0.2, 0.25) is 0 Å². The topological polar surface area (TPSA) is 64.3 Å². The van der Waals surface area contributed by atoms with Crippen molar-refractivity contribution in [1.82, 2.24) is 5.32 Å². The van der Waals surface area contributed by atoms with E-state index in [9.17, 15) is 4.79 Å². The number of nitrogens with two attached hydrogens (primary N) is 1. The molecule has 0 aliphatic heterocycles. The first-order valence-electron chi connectivity index (χ1n) is 5.84. The second-order valence-electron chi connectivity index (χ2n) is 3.84. The summed E-state index contributed by atoms with van der Waals surface area (Å²) in [5.41, 5.74) is 7.30. The summed E-state index contributed by atoms with van der Waals surface area (Å²) in [7, 11) is 1.65. The summed E-state index contributed by atoms with van der Waals surface area (Å²) in [6.07, 6.45) is 1.67. The molecule has 0 fully saturated rings. The van der Waals surface area contributed by atoms with Gasteiger partial charge in [-0.3, -0.25) is 4.79 Å². The largest absolute Gasteiger partial charge is 0.385 e. The van der Waals surface area contributed by atoms with Crippen molar-refractivity contribution in [3.63, 3.8) is 0 Å².